The lowest BCUT2D eigenvalue weighted by atomic mass is 10.0. The van der Waals surface area contributed by atoms with Crippen LogP contribution in [0.15, 0.2) is 42.7 Å². The average molecular weight is 228 g/mol. The first-order valence-corrected chi connectivity index (χ1v) is 6.10. The van der Waals surface area contributed by atoms with Crippen molar-refractivity contribution in [2.45, 2.75) is 26.3 Å². The number of hydrogen-bond donors (Lipinski definition) is 1. The van der Waals surface area contributed by atoms with E-state index in [2.05, 4.69) is 66.5 Å². The summed E-state index contributed by atoms with van der Waals surface area (Å²) in [6.45, 7) is 5.31. The van der Waals surface area contributed by atoms with Gasteiger partial charge in [-0.15, -0.1) is 0 Å². The number of aromatic nitrogens is 1. The molecule has 0 aliphatic rings. The highest BCUT2D eigenvalue weighted by Crippen LogP contribution is 2.19. The van der Waals surface area contributed by atoms with Gasteiger partial charge in [-0.1, -0.05) is 26.0 Å². The summed E-state index contributed by atoms with van der Waals surface area (Å²) in [6.07, 6.45) is 4.21. The Kier molecular flexibility index (Phi) is 3.52. The van der Waals surface area contributed by atoms with Gasteiger partial charge in [0, 0.05) is 31.7 Å². The Morgan fingerprint density at radius 2 is 2.06 bits per heavy atom. The quantitative estimate of drug-likeness (QED) is 0.843. The number of rotatable bonds is 4. The van der Waals surface area contributed by atoms with Crippen LogP contribution in [0.1, 0.15) is 30.9 Å². The maximum absolute atomic E-state index is 3.46. The largest absolute Gasteiger partial charge is 0.381 e. The Balaban J connectivity index is 2.01. The smallest absolute Gasteiger partial charge is 0.0415 e. The van der Waals surface area contributed by atoms with Crippen LogP contribution in [0.3, 0.4) is 0 Å². The summed E-state index contributed by atoms with van der Waals surface area (Å²) >= 11 is 0. The predicted octanol–water partition coefficient (Wildman–Crippen LogP) is 3.76. The van der Waals surface area contributed by atoms with E-state index in [4.69, 9.17) is 0 Å². The summed E-state index contributed by atoms with van der Waals surface area (Å²) in [4.78, 5) is 0. The predicted molar refractivity (Wildman–Crippen MR) is 73.3 cm³/mol. The first-order chi connectivity index (χ1) is 8.15. The van der Waals surface area contributed by atoms with Crippen LogP contribution in [0, 0.1) is 0 Å². The zero-order valence-electron chi connectivity index (χ0n) is 10.8. The van der Waals surface area contributed by atoms with Gasteiger partial charge in [-0.2, -0.15) is 0 Å². The van der Waals surface area contributed by atoms with Gasteiger partial charge in [-0.05, 0) is 35.2 Å². The molecule has 0 saturated carbocycles. The van der Waals surface area contributed by atoms with Gasteiger partial charge in [0.05, 0.1) is 0 Å². The minimum absolute atomic E-state index is 0.577. The van der Waals surface area contributed by atoms with Gasteiger partial charge in [-0.25, -0.2) is 0 Å². The van der Waals surface area contributed by atoms with E-state index >= 15 is 0 Å². The molecule has 0 amide bonds. The Bertz CT molecular complexity index is 483. The summed E-state index contributed by atoms with van der Waals surface area (Å²) in [5, 5.41) is 3.46. The topological polar surface area (TPSA) is 17.0 Å². The molecule has 0 radical (unpaired) electrons. The lowest BCUT2D eigenvalue weighted by Gasteiger charge is -2.09. The number of aryl methyl sites for hydroxylation is 1. The third-order valence-corrected chi connectivity index (χ3v) is 2.94. The van der Waals surface area contributed by atoms with E-state index in [9.17, 15) is 0 Å². The fourth-order valence-electron chi connectivity index (χ4n) is 1.88. The van der Waals surface area contributed by atoms with Crippen molar-refractivity contribution in [2.75, 3.05) is 5.32 Å². The second-order valence-electron chi connectivity index (χ2n) is 4.82. The standard InChI is InChI=1S/C15H20N2/c1-12(2)14-5-4-6-15(9-14)16-10-13-7-8-17(3)11-13/h4-9,11-12,16H,10H2,1-3H3. The van der Waals surface area contributed by atoms with E-state index in [1.165, 1.54) is 16.8 Å². The monoisotopic (exact) mass is 228 g/mol. The van der Waals surface area contributed by atoms with Crippen molar-refractivity contribution in [3.8, 4) is 0 Å². The number of anilines is 1. The molecule has 2 aromatic rings. The van der Waals surface area contributed by atoms with Crippen LogP contribution in [0.2, 0.25) is 0 Å². The molecule has 0 saturated heterocycles. The van der Waals surface area contributed by atoms with Gasteiger partial charge in [0.2, 0.25) is 0 Å². The van der Waals surface area contributed by atoms with Crippen molar-refractivity contribution in [1.82, 2.24) is 4.57 Å². The number of nitrogens with one attached hydrogen (secondary N) is 1. The summed E-state index contributed by atoms with van der Waals surface area (Å²) in [6, 6.07) is 10.8. The summed E-state index contributed by atoms with van der Waals surface area (Å²) < 4.78 is 2.07. The molecule has 2 heteroatoms. The van der Waals surface area contributed by atoms with Gasteiger partial charge in [-0.3, -0.25) is 0 Å². The number of hydrogen-bond acceptors (Lipinski definition) is 1. The molecule has 2 nitrogen and oxygen atoms in total. The van der Waals surface area contributed by atoms with E-state index in [-0.39, 0.29) is 0 Å². The zero-order valence-corrected chi connectivity index (χ0v) is 10.8. The van der Waals surface area contributed by atoms with Crippen LogP contribution < -0.4 is 5.32 Å². The summed E-state index contributed by atoms with van der Waals surface area (Å²) in [5.74, 6) is 0.577. The lowest BCUT2D eigenvalue weighted by molar-refractivity contribution is 0.866. The Labute approximate surface area is 103 Å². The van der Waals surface area contributed by atoms with Gasteiger partial charge in [0.1, 0.15) is 0 Å². The van der Waals surface area contributed by atoms with Crippen molar-refractivity contribution >= 4 is 5.69 Å². The second kappa shape index (κ2) is 5.09. The molecular formula is C15H20N2. The Morgan fingerprint density at radius 1 is 1.24 bits per heavy atom. The van der Waals surface area contributed by atoms with Crippen LogP contribution >= 0.6 is 0 Å². The van der Waals surface area contributed by atoms with Crippen LogP contribution in [0.4, 0.5) is 5.69 Å². The summed E-state index contributed by atoms with van der Waals surface area (Å²) in [7, 11) is 2.04. The van der Waals surface area contributed by atoms with Gasteiger partial charge >= 0.3 is 0 Å². The van der Waals surface area contributed by atoms with Crippen molar-refractivity contribution < 1.29 is 0 Å². The lowest BCUT2D eigenvalue weighted by Crippen LogP contribution is -1.99. The van der Waals surface area contributed by atoms with E-state index in [1.54, 1.807) is 0 Å². The molecule has 90 valence electrons. The molecule has 1 aromatic heterocycles. The van der Waals surface area contributed by atoms with Gasteiger partial charge < -0.3 is 9.88 Å². The Hall–Kier alpha value is -1.70. The molecule has 1 heterocycles. The maximum Gasteiger partial charge on any atom is 0.0415 e. The van der Waals surface area contributed by atoms with E-state index < -0.39 is 0 Å². The number of benzene rings is 1. The molecule has 0 bridgehead atoms. The number of nitrogens with zero attached hydrogens (tertiary/aromatic N) is 1. The minimum atomic E-state index is 0.577. The third-order valence-electron chi connectivity index (χ3n) is 2.94. The normalized spacial score (nSPS) is 10.8. The Morgan fingerprint density at radius 3 is 2.71 bits per heavy atom. The summed E-state index contributed by atoms with van der Waals surface area (Å²) in [5.41, 5.74) is 3.88. The molecule has 0 fully saturated rings. The van der Waals surface area contributed by atoms with Gasteiger partial charge in [0.15, 0.2) is 0 Å². The third kappa shape index (κ3) is 3.13. The van der Waals surface area contributed by atoms with Crippen molar-refractivity contribution in [3.05, 3.63) is 53.9 Å². The SMILES string of the molecule is CC(C)c1cccc(NCc2ccn(C)c2)c1. The first-order valence-electron chi connectivity index (χ1n) is 6.10. The van der Waals surface area contributed by atoms with Crippen molar-refractivity contribution in [2.24, 2.45) is 7.05 Å². The fourth-order valence-corrected chi connectivity index (χ4v) is 1.88. The highest BCUT2D eigenvalue weighted by Gasteiger charge is 2.00. The van der Waals surface area contributed by atoms with Crippen LogP contribution in [-0.2, 0) is 13.6 Å². The zero-order chi connectivity index (χ0) is 12.3. The van der Waals surface area contributed by atoms with Crippen LogP contribution in [0.25, 0.3) is 0 Å². The van der Waals surface area contributed by atoms with Crippen LogP contribution in [-0.4, -0.2) is 4.57 Å². The van der Waals surface area contributed by atoms with Crippen molar-refractivity contribution in [3.63, 3.8) is 0 Å². The molecule has 0 spiro atoms. The molecule has 0 aliphatic carbocycles. The molecule has 2 rings (SSSR count). The first kappa shape index (κ1) is 11.8. The average Bonchev–Trinajstić information content (AvgIpc) is 2.73. The highest BCUT2D eigenvalue weighted by molar-refractivity contribution is 5.46. The van der Waals surface area contributed by atoms with Crippen LogP contribution in [0.5, 0.6) is 0 Å². The molecule has 1 N–H and O–H groups in total. The molecule has 17 heavy (non-hydrogen) atoms. The molecule has 0 aliphatic heterocycles. The van der Waals surface area contributed by atoms with E-state index in [1.807, 2.05) is 7.05 Å². The van der Waals surface area contributed by atoms with E-state index in [0.717, 1.165) is 6.54 Å². The second-order valence-corrected chi connectivity index (χ2v) is 4.82. The van der Waals surface area contributed by atoms with Crippen molar-refractivity contribution in [1.29, 1.82) is 0 Å². The highest BCUT2D eigenvalue weighted by atomic mass is 14.9. The molecule has 0 unspecified atom stereocenters. The maximum atomic E-state index is 3.46. The van der Waals surface area contributed by atoms with Gasteiger partial charge in [0.25, 0.3) is 0 Å². The molecular weight excluding hydrogens is 208 g/mol. The minimum Gasteiger partial charge on any atom is -0.381 e. The molecule has 1 aromatic carbocycles. The fraction of sp³-hybridized carbons (Fsp3) is 0.333. The molecule has 0 atom stereocenters. The van der Waals surface area contributed by atoms with E-state index in [0.29, 0.717) is 5.92 Å².